The molecule has 1 aromatic rings. The second-order valence-electron chi connectivity index (χ2n) is 4.02. The second-order valence-corrected chi connectivity index (χ2v) is 4.02. The number of hydrogen-bond acceptors (Lipinski definition) is 4. The zero-order chi connectivity index (χ0) is 12.5. The van der Waals surface area contributed by atoms with Crippen LogP contribution in [0.4, 0.5) is 5.82 Å². The van der Waals surface area contributed by atoms with Gasteiger partial charge in [0.2, 0.25) is 0 Å². The van der Waals surface area contributed by atoms with Crippen LogP contribution in [-0.4, -0.2) is 31.3 Å². The molecule has 4 heteroatoms. The highest BCUT2D eigenvalue weighted by molar-refractivity contribution is 5.34. The molecule has 0 aliphatic carbocycles. The van der Waals surface area contributed by atoms with Crippen LogP contribution in [0.15, 0.2) is 18.2 Å². The van der Waals surface area contributed by atoms with E-state index in [2.05, 4.69) is 17.2 Å². The maximum absolute atomic E-state index is 5.61. The highest BCUT2D eigenvalue weighted by atomic mass is 16.5. The Hall–Kier alpha value is -1.13. The quantitative estimate of drug-likeness (QED) is 0.755. The molecule has 0 aliphatic rings. The summed E-state index contributed by atoms with van der Waals surface area (Å²) < 4.78 is 10.6. The average Bonchev–Trinajstić information content (AvgIpc) is 2.35. The predicted octanol–water partition coefficient (Wildman–Crippen LogP) is 2.46. The van der Waals surface area contributed by atoms with Crippen molar-refractivity contribution in [3.8, 4) is 0 Å². The SMILES string of the molecule is CCCNc1cccc(COC(C)COC)n1. The summed E-state index contributed by atoms with van der Waals surface area (Å²) in [5.41, 5.74) is 0.939. The summed E-state index contributed by atoms with van der Waals surface area (Å²) in [4.78, 5) is 4.47. The van der Waals surface area contributed by atoms with Gasteiger partial charge in [-0.3, -0.25) is 0 Å². The number of pyridine rings is 1. The first-order chi connectivity index (χ1) is 8.26. The van der Waals surface area contributed by atoms with Crippen molar-refractivity contribution in [3.05, 3.63) is 23.9 Å². The first-order valence-electron chi connectivity index (χ1n) is 6.06. The summed E-state index contributed by atoms with van der Waals surface area (Å²) in [5.74, 6) is 0.910. The number of methoxy groups -OCH3 is 1. The monoisotopic (exact) mass is 238 g/mol. The molecule has 4 nitrogen and oxygen atoms in total. The van der Waals surface area contributed by atoms with Gasteiger partial charge in [-0.1, -0.05) is 13.0 Å². The summed E-state index contributed by atoms with van der Waals surface area (Å²) in [6.45, 7) is 6.19. The highest BCUT2D eigenvalue weighted by Gasteiger charge is 2.03. The number of aromatic nitrogens is 1. The summed E-state index contributed by atoms with van der Waals surface area (Å²) in [6, 6.07) is 5.93. The lowest BCUT2D eigenvalue weighted by molar-refractivity contribution is -0.00133. The molecule has 0 saturated heterocycles. The van der Waals surface area contributed by atoms with Crippen LogP contribution in [0.2, 0.25) is 0 Å². The predicted molar refractivity (Wildman–Crippen MR) is 69.1 cm³/mol. The Morgan fingerprint density at radius 1 is 1.41 bits per heavy atom. The van der Waals surface area contributed by atoms with Crippen LogP contribution in [0.25, 0.3) is 0 Å². The molecule has 0 aromatic carbocycles. The molecule has 1 atom stereocenters. The topological polar surface area (TPSA) is 43.4 Å². The number of rotatable bonds is 8. The van der Waals surface area contributed by atoms with E-state index in [4.69, 9.17) is 9.47 Å². The molecule has 0 amide bonds. The Balaban J connectivity index is 2.42. The van der Waals surface area contributed by atoms with Crippen molar-refractivity contribution in [1.82, 2.24) is 4.98 Å². The van der Waals surface area contributed by atoms with Gasteiger partial charge >= 0.3 is 0 Å². The van der Waals surface area contributed by atoms with Crippen molar-refractivity contribution in [2.24, 2.45) is 0 Å². The fourth-order valence-electron chi connectivity index (χ4n) is 1.42. The van der Waals surface area contributed by atoms with Crippen LogP contribution in [0.3, 0.4) is 0 Å². The van der Waals surface area contributed by atoms with E-state index in [-0.39, 0.29) is 6.10 Å². The number of ether oxygens (including phenoxy) is 2. The first kappa shape index (κ1) is 13.9. The molecule has 1 aromatic heterocycles. The maximum Gasteiger partial charge on any atom is 0.126 e. The molecule has 0 bridgehead atoms. The lowest BCUT2D eigenvalue weighted by Crippen LogP contribution is -2.15. The lowest BCUT2D eigenvalue weighted by atomic mass is 10.3. The molecule has 0 fully saturated rings. The van der Waals surface area contributed by atoms with E-state index in [0.29, 0.717) is 13.2 Å². The normalized spacial score (nSPS) is 12.4. The third-order valence-electron chi connectivity index (χ3n) is 2.28. The van der Waals surface area contributed by atoms with E-state index in [1.165, 1.54) is 0 Å². The summed E-state index contributed by atoms with van der Waals surface area (Å²) in [6.07, 6.45) is 1.18. The third kappa shape index (κ3) is 5.65. The molecule has 96 valence electrons. The van der Waals surface area contributed by atoms with E-state index in [9.17, 15) is 0 Å². The molecule has 1 unspecified atom stereocenters. The van der Waals surface area contributed by atoms with E-state index in [1.807, 2.05) is 25.1 Å². The Kier molecular flexibility index (Phi) is 6.58. The van der Waals surface area contributed by atoms with Crippen LogP contribution in [0.1, 0.15) is 26.0 Å². The van der Waals surface area contributed by atoms with Crippen LogP contribution < -0.4 is 5.32 Å². The van der Waals surface area contributed by atoms with E-state index in [0.717, 1.165) is 24.5 Å². The number of anilines is 1. The van der Waals surface area contributed by atoms with E-state index >= 15 is 0 Å². The molecular weight excluding hydrogens is 216 g/mol. The summed E-state index contributed by atoms with van der Waals surface area (Å²) >= 11 is 0. The molecule has 0 saturated carbocycles. The van der Waals surface area contributed by atoms with Gasteiger partial charge in [0.15, 0.2) is 0 Å². The van der Waals surface area contributed by atoms with Gasteiger partial charge in [0, 0.05) is 13.7 Å². The van der Waals surface area contributed by atoms with Gasteiger partial charge in [-0.2, -0.15) is 0 Å². The fraction of sp³-hybridized carbons (Fsp3) is 0.615. The zero-order valence-corrected chi connectivity index (χ0v) is 10.9. The lowest BCUT2D eigenvalue weighted by Gasteiger charge is -2.12. The minimum absolute atomic E-state index is 0.0917. The van der Waals surface area contributed by atoms with Gasteiger partial charge in [0.25, 0.3) is 0 Å². The molecule has 17 heavy (non-hydrogen) atoms. The van der Waals surface area contributed by atoms with E-state index in [1.54, 1.807) is 7.11 Å². The van der Waals surface area contributed by atoms with Crippen molar-refractivity contribution in [2.45, 2.75) is 33.0 Å². The molecule has 1 heterocycles. The smallest absolute Gasteiger partial charge is 0.126 e. The van der Waals surface area contributed by atoms with E-state index < -0.39 is 0 Å². The second kappa shape index (κ2) is 8.03. The highest BCUT2D eigenvalue weighted by Crippen LogP contribution is 2.07. The Morgan fingerprint density at radius 3 is 2.94 bits per heavy atom. The molecule has 0 radical (unpaired) electrons. The van der Waals surface area contributed by atoms with Gasteiger partial charge in [0.1, 0.15) is 5.82 Å². The van der Waals surface area contributed by atoms with Gasteiger partial charge in [-0.05, 0) is 25.5 Å². The minimum atomic E-state index is 0.0917. The largest absolute Gasteiger partial charge is 0.382 e. The maximum atomic E-state index is 5.61. The van der Waals surface area contributed by atoms with Gasteiger partial charge < -0.3 is 14.8 Å². The van der Waals surface area contributed by atoms with Crippen LogP contribution in [0.5, 0.6) is 0 Å². The van der Waals surface area contributed by atoms with Crippen LogP contribution in [-0.2, 0) is 16.1 Å². The van der Waals surface area contributed by atoms with Crippen LogP contribution >= 0.6 is 0 Å². The Labute approximate surface area is 103 Å². The van der Waals surface area contributed by atoms with Gasteiger partial charge in [-0.15, -0.1) is 0 Å². The molecule has 1 N–H and O–H groups in total. The Bertz CT molecular complexity index is 318. The number of nitrogens with one attached hydrogen (secondary N) is 1. The van der Waals surface area contributed by atoms with Crippen molar-refractivity contribution < 1.29 is 9.47 Å². The minimum Gasteiger partial charge on any atom is -0.382 e. The first-order valence-corrected chi connectivity index (χ1v) is 6.06. The Morgan fingerprint density at radius 2 is 2.24 bits per heavy atom. The summed E-state index contributed by atoms with van der Waals surface area (Å²) in [7, 11) is 1.67. The molecule has 1 rings (SSSR count). The van der Waals surface area contributed by atoms with Crippen molar-refractivity contribution in [2.75, 3.05) is 25.6 Å². The van der Waals surface area contributed by atoms with Crippen LogP contribution in [0, 0.1) is 0 Å². The van der Waals surface area contributed by atoms with Gasteiger partial charge in [-0.25, -0.2) is 4.98 Å². The third-order valence-corrected chi connectivity index (χ3v) is 2.28. The average molecular weight is 238 g/mol. The summed E-state index contributed by atoms with van der Waals surface area (Å²) in [5, 5.41) is 3.26. The van der Waals surface area contributed by atoms with Crippen molar-refractivity contribution >= 4 is 5.82 Å². The molecule has 0 aliphatic heterocycles. The molecular formula is C13H22N2O2. The van der Waals surface area contributed by atoms with Crippen molar-refractivity contribution in [3.63, 3.8) is 0 Å². The fourth-order valence-corrected chi connectivity index (χ4v) is 1.42. The molecule has 0 spiro atoms. The van der Waals surface area contributed by atoms with Crippen molar-refractivity contribution in [1.29, 1.82) is 0 Å². The standard InChI is InChI=1S/C13H22N2O2/c1-4-8-14-13-7-5-6-12(15-13)10-17-11(2)9-16-3/h5-7,11H,4,8-10H2,1-3H3,(H,14,15). The van der Waals surface area contributed by atoms with Gasteiger partial charge in [0.05, 0.1) is 25.0 Å². The zero-order valence-electron chi connectivity index (χ0n) is 10.9. The number of nitrogens with zero attached hydrogens (tertiary/aromatic N) is 1. The number of hydrogen-bond donors (Lipinski definition) is 1.